The molecule has 8 nitrogen and oxygen atoms in total. The molecule has 0 aliphatic carbocycles. The van der Waals surface area contributed by atoms with Gasteiger partial charge < -0.3 is 15.0 Å². The van der Waals surface area contributed by atoms with E-state index in [4.69, 9.17) is 15.0 Å². The fraction of sp³-hybridized carbons (Fsp3) is 0.182. The van der Waals surface area contributed by atoms with Crippen molar-refractivity contribution in [2.24, 2.45) is 0 Å². The van der Waals surface area contributed by atoms with Gasteiger partial charge in [-0.2, -0.15) is 4.98 Å². The Balaban J connectivity index is 1.99. The number of thiazole rings is 1. The quantitative estimate of drug-likeness (QED) is 0.773. The average Bonchev–Trinajstić information content (AvgIpc) is 3.05. The molecular weight excluding hydrogens is 280 g/mol. The molecule has 0 unspecified atom stereocenters. The third-order valence-corrected chi connectivity index (χ3v) is 3.49. The first-order valence-electron chi connectivity index (χ1n) is 5.60. The predicted octanol–water partition coefficient (Wildman–Crippen LogP) is 1.55. The van der Waals surface area contributed by atoms with E-state index in [1.807, 2.05) is 6.92 Å². The summed E-state index contributed by atoms with van der Waals surface area (Å²) in [6.07, 6.45) is 1.38. The monoisotopic (exact) mass is 290 g/mol. The summed E-state index contributed by atoms with van der Waals surface area (Å²) >= 11 is 1.30. The molecule has 0 spiro atoms. The topological polar surface area (TPSA) is 113 Å². The second kappa shape index (κ2) is 4.85. The zero-order valence-corrected chi connectivity index (χ0v) is 11.5. The average molecular weight is 290 g/mol. The Bertz CT molecular complexity index is 753. The number of hydrogen-bond acceptors (Lipinski definition) is 9. The maximum Gasteiger partial charge on any atom is 0.270 e. The zero-order chi connectivity index (χ0) is 14.1. The molecule has 0 bridgehead atoms. The van der Waals surface area contributed by atoms with Gasteiger partial charge in [-0.25, -0.2) is 15.0 Å². The van der Waals surface area contributed by atoms with Gasteiger partial charge in [-0.3, -0.25) is 0 Å². The van der Waals surface area contributed by atoms with Gasteiger partial charge in [0, 0.05) is 6.07 Å². The van der Waals surface area contributed by atoms with Crippen molar-refractivity contribution in [1.29, 1.82) is 0 Å². The van der Waals surface area contributed by atoms with Gasteiger partial charge in [0.05, 0.1) is 12.8 Å². The van der Waals surface area contributed by atoms with Crippen LogP contribution in [-0.4, -0.2) is 32.2 Å². The van der Waals surface area contributed by atoms with Gasteiger partial charge in [0.15, 0.2) is 5.13 Å². The Labute approximate surface area is 117 Å². The van der Waals surface area contributed by atoms with E-state index in [1.54, 1.807) is 6.07 Å². The largest absolute Gasteiger partial charge is 0.481 e. The van der Waals surface area contributed by atoms with Crippen molar-refractivity contribution in [3.05, 3.63) is 18.1 Å². The van der Waals surface area contributed by atoms with Crippen LogP contribution in [0.3, 0.4) is 0 Å². The minimum Gasteiger partial charge on any atom is -0.481 e. The van der Waals surface area contributed by atoms with Gasteiger partial charge in [0.25, 0.3) is 5.89 Å². The van der Waals surface area contributed by atoms with Crippen LogP contribution in [0.1, 0.15) is 5.69 Å². The number of nitrogen functional groups attached to an aromatic ring is 1. The van der Waals surface area contributed by atoms with E-state index in [0.29, 0.717) is 28.4 Å². The van der Waals surface area contributed by atoms with E-state index in [9.17, 15) is 0 Å². The van der Waals surface area contributed by atoms with E-state index < -0.39 is 0 Å². The SMILES string of the molecule is COc1cc(-c2noc(-c3sc(N)nc3C)n2)ncn1. The summed E-state index contributed by atoms with van der Waals surface area (Å²) in [6.45, 7) is 1.83. The molecule has 20 heavy (non-hydrogen) atoms. The fourth-order valence-corrected chi connectivity index (χ4v) is 2.36. The molecule has 3 rings (SSSR count). The Hall–Kier alpha value is -2.55. The van der Waals surface area contributed by atoms with Gasteiger partial charge in [-0.1, -0.05) is 16.5 Å². The standard InChI is InChI=1S/C11H10N6O2S/c1-5-8(20-11(12)15-5)10-16-9(17-19-10)6-3-7(18-2)14-4-13-6/h3-4H,1-2H3,(H2,12,15). The number of methoxy groups -OCH3 is 1. The van der Waals surface area contributed by atoms with Gasteiger partial charge >= 0.3 is 0 Å². The Morgan fingerprint density at radius 1 is 1.30 bits per heavy atom. The summed E-state index contributed by atoms with van der Waals surface area (Å²) in [5.41, 5.74) is 6.92. The lowest BCUT2D eigenvalue weighted by molar-refractivity contribution is 0.397. The van der Waals surface area contributed by atoms with Crippen molar-refractivity contribution in [3.8, 4) is 28.2 Å². The number of hydrogen-bond donors (Lipinski definition) is 1. The molecule has 0 amide bonds. The lowest BCUT2D eigenvalue weighted by Gasteiger charge is -1.97. The summed E-state index contributed by atoms with van der Waals surface area (Å²) in [7, 11) is 1.53. The first-order chi connectivity index (χ1) is 9.67. The van der Waals surface area contributed by atoms with Crippen molar-refractivity contribution >= 4 is 16.5 Å². The van der Waals surface area contributed by atoms with Gasteiger partial charge in [-0.05, 0) is 6.92 Å². The van der Waals surface area contributed by atoms with Crippen LogP contribution in [0.15, 0.2) is 16.9 Å². The molecular formula is C11H10N6O2S. The summed E-state index contributed by atoms with van der Waals surface area (Å²) in [4.78, 5) is 17.2. The van der Waals surface area contributed by atoms with Crippen molar-refractivity contribution in [1.82, 2.24) is 25.1 Å². The molecule has 0 aliphatic heterocycles. The maximum absolute atomic E-state index is 5.65. The summed E-state index contributed by atoms with van der Waals surface area (Å²) < 4.78 is 10.3. The molecule has 0 radical (unpaired) electrons. The predicted molar refractivity (Wildman–Crippen MR) is 72.1 cm³/mol. The van der Waals surface area contributed by atoms with E-state index in [-0.39, 0.29) is 0 Å². The molecule has 0 saturated carbocycles. The number of nitrogens with two attached hydrogens (primary N) is 1. The van der Waals surface area contributed by atoms with E-state index >= 15 is 0 Å². The second-order valence-electron chi connectivity index (χ2n) is 3.84. The van der Waals surface area contributed by atoms with E-state index in [0.717, 1.165) is 10.6 Å². The smallest absolute Gasteiger partial charge is 0.270 e. The van der Waals surface area contributed by atoms with Crippen LogP contribution in [0.5, 0.6) is 5.88 Å². The number of ether oxygens (including phenoxy) is 1. The number of nitrogens with zero attached hydrogens (tertiary/aromatic N) is 5. The molecule has 0 atom stereocenters. The highest BCUT2D eigenvalue weighted by Gasteiger charge is 2.17. The summed E-state index contributed by atoms with van der Waals surface area (Å²) in [5.74, 6) is 1.15. The molecule has 0 aromatic carbocycles. The van der Waals surface area contributed by atoms with Crippen LogP contribution in [0.25, 0.3) is 22.3 Å². The van der Waals surface area contributed by atoms with Crippen molar-refractivity contribution < 1.29 is 9.26 Å². The van der Waals surface area contributed by atoms with Crippen LogP contribution in [-0.2, 0) is 0 Å². The Kier molecular flexibility index (Phi) is 3.03. The first-order valence-corrected chi connectivity index (χ1v) is 6.42. The normalized spacial score (nSPS) is 10.7. The van der Waals surface area contributed by atoms with Gasteiger partial charge in [0.2, 0.25) is 11.7 Å². The number of anilines is 1. The van der Waals surface area contributed by atoms with E-state index in [2.05, 4.69) is 25.1 Å². The number of aryl methyl sites for hydroxylation is 1. The van der Waals surface area contributed by atoms with Gasteiger partial charge in [-0.15, -0.1) is 0 Å². The highest BCUT2D eigenvalue weighted by molar-refractivity contribution is 7.18. The van der Waals surface area contributed by atoms with Crippen LogP contribution in [0.4, 0.5) is 5.13 Å². The minimum atomic E-state index is 0.354. The van der Waals surface area contributed by atoms with Gasteiger partial charge in [0.1, 0.15) is 16.9 Å². The number of aromatic nitrogens is 5. The highest BCUT2D eigenvalue weighted by atomic mass is 32.1. The Morgan fingerprint density at radius 3 is 2.85 bits per heavy atom. The molecule has 3 aromatic heterocycles. The highest BCUT2D eigenvalue weighted by Crippen LogP contribution is 2.31. The molecule has 3 aromatic rings. The minimum absolute atomic E-state index is 0.354. The van der Waals surface area contributed by atoms with Crippen molar-refractivity contribution in [2.45, 2.75) is 6.92 Å². The lowest BCUT2D eigenvalue weighted by Crippen LogP contribution is -1.91. The second-order valence-corrected chi connectivity index (χ2v) is 4.87. The maximum atomic E-state index is 5.65. The zero-order valence-electron chi connectivity index (χ0n) is 10.7. The molecule has 9 heteroatoms. The van der Waals surface area contributed by atoms with E-state index in [1.165, 1.54) is 24.8 Å². The third kappa shape index (κ3) is 2.18. The van der Waals surface area contributed by atoms with Crippen LogP contribution in [0.2, 0.25) is 0 Å². The molecule has 0 aliphatic rings. The molecule has 102 valence electrons. The molecule has 0 saturated heterocycles. The first kappa shape index (κ1) is 12.5. The Morgan fingerprint density at radius 2 is 2.15 bits per heavy atom. The third-order valence-electron chi connectivity index (χ3n) is 2.51. The molecule has 3 heterocycles. The fourth-order valence-electron chi connectivity index (χ4n) is 1.61. The summed E-state index contributed by atoms with van der Waals surface area (Å²) in [6, 6.07) is 1.63. The van der Waals surface area contributed by atoms with Crippen molar-refractivity contribution in [3.63, 3.8) is 0 Å². The summed E-state index contributed by atoms with van der Waals surface area (Å²) in [5, 5.41) is 4.35. The molecule has 2 N–H and O–H groups in total. The van der Waals surface area contributed by atoms with Crippen LogP contribution >= 0.6 is 11.3 Å². The lowest BCUT2D eigenvalue weighted by atomic mass is 10.3. The molecule has 0 fully saturated rings. The number of rotatable bonds is 3. The van der Waals surface area contributed by atoms with Crippen LogP contribution in [0, 0.1) is 6.92 Å². The van der Waals surface area contributed by atoms with Crippen molar-refractivity contribution in [2.75, 3.05) is 12.8 Å². The van der Waals surface area contributed by atoms with Crippen LogP contribution < -0.4 is 10.5 Å².